The minimum Gasteiger partial charge on any atom is -0.481 e. The fraction of sp³-hybridized carbons (Fsp3) is 0.538. The number of pyridine rings is 1. The standard InChI is InChI=1S/C26H34N3O11PS/c1-16-12-29(42(35,36)23-3-2-9-27-24(16)23)13-21(30)20(11-17-4-6-18(7-5-17)39-15-41(32,33)34)28-26(31)40-22-14-38-25-19(22)8-10-37-25/h2-7,9,16,19-22,25,30H,8,10-15H2,1H3,(H,28,31)(H2,32,33,34)/t16?,19-,20-,21+,22-,25+/m0/s1. The molecule has 2 fully saturated rings. The van der Waals surface area contributed by atoms with Crippen LogP contribution in [0.1, 0.15) is 30.5 Å². The van der Waals surface area contributed by atoms with Gasteiger partial charge in [-0.2, -0.15) is 4.31 Å². The summed E-state index contributed by atoms with van der Waals surface area (Å²) in [6, 6.07) is 8.32. The molecule has 14 nitrogen and oxygen atoms in total. The third-order valence-corrected chi connectivity index (χ3v) is 9.89. The highest BCUT2D eigenvalue weighted by Crippen LogP contribution is 2.35. The zero-order valence-electron chi connectivity index (χ0n) is 22.8. The molecule has 0 bridgehead atoms. The van der Waals surface area contributed by atoms with Crippen LogP contribution < -0.4 is 10.1 Å². The van der Waals surface area contributed by atoms with Crippen molar-refractivity contribution in [3.63, 3.8) is 0 Å². The second kappa shape index (κ2) is 12.5. The van der Waals surface area contributed by atoms with Crippen LogP contribution in [0, 0.1) is 5.92 Å². The first kappa shape index (κ1) is 30.8. The Kier molecular flexibility index (Phi) is 9.21. The van der Waals surface area contributed by atoms with E-state index in [1.807, 2.05) is 6.92 Å². The van der Waals surface area contributed by atoms with E-state index in [-0.39, 0.29) is 48.6 Å². The Morgan fingerprint density at radius 2 is 2.00 bits per heavy atom. The van der Waals surface area contributed by atoms with Gasteiger partial charge in [0, 0.05) is 25.2 Å². The SMILES string of the molecule is CC1CN(C[C@@H](O)[C@H](Cc2ccc(OCP(=O)(O)O)cc2)NC(=O)O[C@H]2CO[C@H]3OCC[C@H]32)S(=O)(=O)c2cccnc21. The maximum atomic E-state index is 13.4. The fourth-order valence-corrected chi connectivity index (χ4v) is 7.55. The number of aromatic nitrogens is 1. The lowest BCUT2D eigenvalue weighted by Gasteiger charge is -2.34. The number of β-amino-alcohol motifs (C(OH)–C–C–N with tert-alkyl or cyclic N) is 1. The normalized spacial score (nSPS) is 26.6. The van der Waals surface area contributed by atoms with Gasteiger partial charge >= 0.3 is 13.7 Å². The van der Waals surface area contributed by atoms with Crippen molar-refractivity contribution < 1.29 is 51.6 Å². The van der Waals surface area contributed by atoms with E-state index in [1.165, 1.54) is 22.5 Å². The van der Waals surface area contributed by atoms with Gasteiger partial charge in [-0.3, -0.25) is 9.55 Å². The number of carbonyl (C=O) groups is 1. The van der Waals surface area contributed by atoms with Crippen LogP contribution in [0.5, 0.6) is 5.75 Å². The Morgan fingerprint density at radius 3 is 2.74 bits per heavy atom. The van der Waals surface area contributed by atoms with Crippen molar-refractivity contribution in [3.8, 4) is 5.75 Å². The van der Waals surface area contributed by atoms with Gasteiger partial charge < -0.3 is 39.2 Å². The number of nitrogens with one attached hydrogen (secondary N) is 1. The van der Waals surface area contributed by atoms with Gasteiger partial charge in [-0.15, -0.1) is 0 Å². The van der Waals surface area contributed by atoms with Crippen LogP contribution >= 0.6 is 7.60 Å². The molecular weight excluding hydrogens is 593 g/mol. The summed E-state index contributed by atoms with van der Waals surface area (Å²) in [5.41, 5.74) is 1.11. The number of hydrogen-bond donors (Lipinski definition) is 4. The van der Waals surface area contributed by atoms with E-state index in [1.54, 1.807) is 24.4 Å². The van der Waals surface area contributed by atoms with Crippen LogP contribution in [-0.2, 0) is 35.2 Å². The predicted octanol–water partition coefficient (Wildman–Crippen LogP) is 1.16. The van der Waals surface area contributed by atoms with Crippen molar-refractivity contribution >= 4 is 23.7 Å². The highest BCUT2D eigenvalue weighted by atomic mass is 32.2. The summed E-state index contributed by atoms with van der Waals surface area (Å²) in [7, 11) is -8.30. The average Bonchev–Trinajstić information content (AvgIpc) is 3.56. The third-order valence-electron chi connectivity index (χ3n) is 7.54. The predicted molar refractivity (Wildman–Crippen MR) is 146 cm³/mol. The summed E-state index contributed by atoms with van der Waals surface area (Å²) in [6.07, 6.45) is -1.51. The van der Waals surface area contributed by atoms with E-state index in [2.05, 4.69) is 10.3 Å². The highest BCUT2D eigenvalue weighted by Gasteiger charge is 2.44. The molecule has 1 aromatic carbocycles. The molecular formula is C26H34N3O11PS. The summed E-state index contributed by atoms with van der Waals surface area (Å²) in [5, 5.41) is 14.0. The molecule has 3 aliphatic rings. The van der Waals surface area contributed by atoms with Crippen molar-refractivity contribution in [2.45, 2.75) is 55.1 Å². The van der Waals surface area contributed by atoms with Gasteiger partial charge in [0.2, 0.25) is 10.0 Å². The van der Waals surface area contributed by atoms with E-state index in [9.17, 15) is 22.9 Å². The van der Waals surface area contributed by atoms with Crippen molar-refractivity contribution in [1.82, 2.24) is 14.6 Å². The lowest BCUT2D eigenvalue weighted by Crippen LogP contribution is -2.52. The maximum Gasteiger partial charge on any atom is 0.407 e. The van der Waals surface area contributed by atoms with E-state index in [0.717, 1.165) is 0 Å². The number of carbonyl (C=O) groups excluding carboxylic acids is 1. The van der Waals surface area contributed by atoms with Gasteiger partial charge in [0.25, 0.3) is 0 Å². The van der Waals surface area contributed by atoms with Crippen molar-refractivity contribution in [1.29, 1.82) is 0 Å². The lowest BCUT2D eigenvalue weighted by molar-refractivity contribution is -0.0907. The molecule has 1 unspecified atom stereocenters. The number of benzene rings is 1. The number of ether oxygens (including phenoxy) is 4. The molecule has 6 atom stereocenters. The number of aliphatic hydroxyl groups is 1. The molecule has 4 heterocycles. The minimum absolute atomic E-state index is 0.0836. The highest BCUT2D eigenvalue weighted by molar-refractivity contribution is 7.89. The molecule has 16 heteroatoms. The number of sulfonamides is 1. The summed E-state index contributed by atoms with van der Waals surface area (Å²) in [6.45, 7) is 2.36. The third kappa shape index (κ3) is 7.12. The smallest absolute Gasteiger partial charge is 0.407 e. The topological polar surface area (TPSA) is 194 Å². The Bertz CT molecular complexity index is 1420. The Labute approximate surface area is 243 Å². The molecule has 42 heavy (non-hydrogen) atoms. The molecule has 230 valence electrons. The van der Waals surface area contributed by atoms with Gasteiger partial charge in [-0.1, -0.05) is 19.1 Å². The quantitative estimate of drug-likeness (QED) is 0.275. The van der Waals surface area contributed by atoms with Crippen molar-refractivity contribution in [2.75, 3.05) is 32.7 Å². The average molecular weight is 628 g/mol. The second-order valence-corrected chi connectivity index (χ2v) is 14.2. The second-order valence-electron chi connectivity index (χ2n) is 10.7. The summed E-state index contributed by atoms with van der Waals surface area (Å²) >= 11 is 0. The Hall–Kier alpha value is -2.62. The molecule has 2 saturated heterocycles. The monoisotopic (exact) mass is 627 g/mol. The maximum absolute atomic E-state index is 13.4. The first-order chi connectivity index (χ1) is 19.9. The van der Waals surface area contributed by atoms with E-state index < -0.39 is 54.6 Å². The van der Waals surface area contributed by atoms with E-state index in [0.29, 0.717) is 24.3 Å². The van der Waals surface area contributed by atoms with Crippen LogP contribution in [0.25, 0.3) is 0 Å². The largest absolute Gasteiger partial charge is 0.481 e. The number of amides is 1. The van der Waals surface area contributed by atoms with E-state index in [4.69, 9.17) is 28.7 Å². The number of rotatable bonds is 10. The molecule has 3 aliphatic heterocycles. The summed E-state index contributed by atoms with van der Waals surface area (Å²) in [5.74, 6) is -0.0757. The van der Waals surface area contributed by atoms with Crippen LogP contribution in [0.15, 0.2) is 47.5 Å². The molecule has 0 aliphatic carbocycles. The van der Waals surface area contributed by atoms with Gasteiger partial charge in [-0.05, 0) is 42.7 Å². The van der Waals surface area contributed by atoms with Crippen molar-refractivity contribution in [2.24, 2.45) is 5.92 Å². The van der Waals surface area contributed by atoms with E-state index >= 15 is 0 Å². The molecule has 4 N–H and O–H groups in total. The molecule has 2 aromatic rings. The summed E-state index contributed by atoms with van der Waals surface area (Å²) < 4.78 is 60.8. The zero-order chi connectivity index (χ0) is 30.1. The Morgan fingerprint density at radius 1 is 1.24 bits per heavy atom. The number of aliphatic hydroxyl groups excluding tert-OH is 1. The zero-order valence-corrected chi connectivity index (χ0v) is 24.5. The van der Waals surface area contributed by atoms with Crippen molar-refractivity contribution in [3.05, 3.63) is 53.9 Å². The van der Waals surface area contributed by atoms with Crippen LogP contribution in [0.4, 0.5) is 4.79 Å². The van der Waals surface area contributed by atoms with Gasteiger partial charge in [0.15, 0.2) is 12.6 Å². The first-order valence-electron chi connectivity index (χ1n) is 13.5. The van der Waals surface area contributed by atoms with Crippen LogP contribution in [-0.4, -0.2) is 95.9 Å². The molecule has 5 rings (SSSR count). The number of nitrogens with zero attached hydrogens (tertiary/aromatic N) is 2. The van der Waals surface area contributed by atoms with Crippen LogP contribution in [0.3, 0.4) is 0 Å². The fourth-order valence-electron chi connectivity index (χ4n) is 5.42. The number of alkyl carbamates (subject to hydrolysis) is 1. The van der Waals surface area contributed by atoms with Gasteiger partial charge in [-0.25, -0.2) is 13.2 Å². The van der Waals surface area contributed by atoms with Crippen LogP contribution in [0.2, 0.25) is 0 Å². The molecule has 0 radical (unpaired) electrons. The number of hydrogen-bond acceptors (Lipinski definition) is 10. The molecule has 1 amide bonds. The Balaban J connectivity index is 1.31. The lowest BCUT2D eigenvalue weighted by atomic mass is 10.0. The summed E-state index contributed by atoms with van der Waals surface area (Å²) in [4.78, 5) is 35.4. The number of fused-ring (bicyclic) bond motifs is 2. The molecule has 1 aromatic heterocycles. The molecule has 0 saturated carbocycles. The minimum atomic E-state index is -4.36. The first-order valence-corrected chi connectivity index (χ1v) is 16.7. The van der Waals surface area contributed by atoms with Gasteiger partial charge in [0.1, 0.15) is 16.7 Å². The van der Waals surface area contributed by atoms with Gasteiger partial charge in [0.05, 0.1) is 37.0 Å². The molecule has 0 spiro atoms.